The molecule has 0 bridgehead atoms. The third-order valence-corrected chi connectivity index (χ3v) is 3.45. The zero-order valence-electron chi connectivity index (χ0n) is 11.2. The topological polar surface area (TPSA) is 58.2 Å². The normalized spacial score (nSPS) is 18.9. The Morgan fingerprint density at radius 2 is 2.05 bits per heavy atom. The standard InChI is InChI=1S/C15H20N2O2/c1-11(18)13-4-6-14(7-5-13)17-15(19)9-12-3-2-8-16-10-12/h4-7,12,16H,2-3,8-10H2,1H3,(H,17,19). The van der Waals surface area contributed by atoms with E-state index in [0.29, 0.717) is 17.9 Å². The lowest BCUT2D eigenvalue weighted by Crippen LogP contribution is -2.32. The Hall–Kier alpha value is -1.68. The lowest BCUT2D eigenvalue weighted by molar-refractivity contribution is -0.117. The van der Waals surface area contributed by atoms with Crippen LogP contribution in [-0.4, -0.2) is 24.8 Å². The van der Waals surface area contributed by atoms with E-state index in [2.05, 4.69) is 10.6 Å². The summed E-state index contributed by atoms with van der Waals surface area (Å²) in [6.07, 6.45) is 2.82. The summed E-state index contributed by atoms with van der Waals surface area (Å²) in [5.74, 6) is 0.515. The fourth-order valence-electron chi connectivity index (χ4n) is 2.36. The molecule has 102 valence electrons. The number of carbonyl (C=O) groups excluding carboxylic acids is 2. The second kappa shape index (κ2) is 6.48. The van der Waals surface area contributed by atoms with Gasteiger partial charge in [0, 0.05) is 17.7 Å². The minimum atomic E-state index is 0.0335. The van der Waals surface area contributed by atoms with Crippen LogP contribution in [-0.2, 0) is 4.79 Å². The van der Waals surface area contributed by atoms with E-state index in [1.165, 1.54) is 6.92 Å². The van der Waals surface area contributed by atoms with E-state index in [-0.39, 0.29) is 11.7 Å². The van der Waals surface area contributed by atoms with E-state index >= 15 is 0 Å². The number of hydrogen-bond donors (Lipinski definition) is 2. The number of piperidine rings is 1. The van der Waals surface area contributed by atoms with Crippen molar-refractivity contribution in [3.63, 3.8) is 0 Å². The average molecular weight is 260 g/mol. The maximum absolute atomic E-state index is 11.9. The van der Waals surface area contributed by atoms with Gasteiger partial charge in [0.25, 0.3) is 0 Å². The van der Waals surface area contributed by atoms with E-state index in [9.17, 15) is 9.59 Å². The van der Waals surface area contributed by atoms with Gasteiger partial charge in [0.1, 0.15) is 0 Å². The SMILES string of the molecule is CC(=O)c1ccc(NC(=O)CC2CCCNC2)cc1. The molecule has 2 N–H and O–H groups in total. The zero-order valence-corrected chi connectivity index (χ0v) is 11.2. The molecule has 0 aromatic heterocycles. The molecule has 1 saturated heterocycles. The van der Waals surface area contributed by atoms with Crippen LogP contribution in [0.15, 0.2) is 24.3 Å². The smallest absolute Gasteiger partial charge is 0.224 e. The highest BCUT2D eigenvalue weighted by molar-refractivity contribution is 5.95. The first-order chi connectivity index (χ1) is 9.15. The molecular weight excluding hydrogens is 240 g/mol. The molecule has 1 aliphatic rings. The Morgan fingerprint density at radius 3 is 2.63 bits per heavy atom. The highest BCUT2D eigenvalue weighted by atomic mass is 16.1. The van der Waals surface area contributed by atoms with Gasteiger partial charge in [-0.25, -0.2) is 0 Å². The Labute approximate surface area is 113 Å². The van der Waals surface area contributed by atoms with E-state index < -0.39 is 0 Å². The largest absolute Gasteiger partial charge is 0.326 e. The number of anilines is 1. The predicted molar refractivity (Wildman–Crippen MR) is 75.3 cm³/mol. The van der Waals surface area contributed by atoms with Gasteiger partial charge in [-0.2, -0.15) is 0 Å². The summed E-state index contributed by atoms with van der Waals surface area (Å²) >= 11 is 0. The number of nitrogens with one attached hydrogen (secondary N) is 2. The van der Waals surface area contributed by atoms with Crippen LogP contribution >= 0.6 is 0 Å². The van der Waals surface area contributed by atoms with Gasteiger partial charge in [-0.05, 0) is 63.0 Å². The van der Waals surface area contributed by atoms with E-state index in [1.54, 1.807) is 24.3 Å². The maximum Gasteiger partial charge on any atom is 0.224 e. The molecule has 4 heteroatoms. The van der Waals surface area contributed by atoms with Crippen LogP contribution in [0, 0.1) is 5.92 Å². The second-order valence-electron chi connectivity index (χ2n) is 5.10. The van der Waals surface area contributed by atoms with Crippen LogP contribution in [0.1, 0.15) is 36.5 Å². The van der Waals surface area contributed by atoms with Gasteiger partial charge in [-0.15, -0.1) is 0 Å². The summed E-state index contributed by atoms with van der Waals surface area (Å²) in [4.78, 5) is 23.0. The molecule has 1 aromatic carbocycles. The number of ketones is 1. The molecule has 0 aliphatic carbocycles. The molecule has 0 spiro atoms. The molecule has 2 rings (SSSR count). The van der Waals surface area contributed by atoms with Crippen molar-refractivity contribution >= 4 is 17.4 Å². The van der Waals surface area contributed by atoms with Crippen molar-refractivity contribution in [3.05, 3.63) is 29.8 Å². The average Bonchev–Trinajstić information content (AvgIpc) is 2.40. The van der Waals surface area contributed by atoms with Gasteiger partial charge >= 0.3 is 0 Å². The predicted octanol–water partition coefficient (Wildman–Crippen LogP) is 2.22. The first kappa shape index (κ1) is 13.7. The maximum atomic E-state index is 11.9. The minimum absolute atomic E-state index is 0.0335. The summed E-state index contributed by atoms with van der Waals surface area (Å²) < 4.78 is 0. The summed E-state index contributed by atoms with van der Waals surface area (Å²) in [5.41, 5.74) is 1.41. The Morgan fingerprint density at radius 1 is 1.32 bits per heavy atom. The lowest BCUT2D eigenvalue weighted by atomic mass is 9.96. The van der Waals surface area contributed by atoms with Crippen LogP contribution in [0.2, 0.25) is 0 Å². The summed E-state index contributed by atoms with van der Waals surface area (Å²) in [5, 5.41) is 6.18. The van der Waals surface area contributed by atoms with Gasteiger partial charge in [-0.3, -0.25) is 9.59 Å². The number of carbonyl (C=O) groups is 2. The molecule has 1 aromatic rings. The molecule has 1 atom stereocenters. The van der Waals surface area contributed by atoms with Gasteiger partial charge in [0.2, 0.25) is 5.91 Å². The molecule has 1 aliphatic heterocycles. The third kappa shape index (κ3) is 4.17. The summed E-state index contributed by atoms with van der Waals surface area (Å²) in [6, 6.07) is 7.02. The molecule has 1 amide bonds. The minimum Gasteiger partial charge on any atom is -0.326 e. The fourth-order valence-corrected chi connectivity index (χ4v) is 2.36. The number of rotatable bonds is 4. The van der Waals surface area contributed by atoms with E-state index in [0.717, 1.165) is 31.6 Å². The van der Waals surface area contributed by atoms with Crippen LogP contribution in [0.25, 0.3) is 0 Å². The molecule has 1 unspecified atom stereocenters. The van der Waals surface area contributed by atoms with E-state index in [4.69, 9.17) is 0 Å². The fraction of sp³-hybridized carbons (Fsp3) is 0.467. The molecular formula is C15H20N2O2. The quantitative estimate of drug-likeness (QED) is 0.816. The van der Waals surface area contributed by atoms with Crippen molar-refractivity contribution in [1.29, 1.82) is 0 Å². The van der Waals surface area contributed by atoms with Crippen LogP contribution in [0.4, 0.5) is 5.69 Å². The Kier molecular flexibility index (Phi) is 4.68. The summed E-state index contributed by atoms with van der Waals surface area (Å²) in [6.45, 7) is 3.52. The Balaban J connectivity index is 1.85. The van der Waals surface area contributed by atoms with Crippen LogP contribution in [0.3, 0.4) is 0 Å². The molecule has 0 saturated carbocycles. The molecule has 19 heavy (non-hydrogen) atoms. The van der Waals surface area contributed by atoms with Crippen molar-refractivity contribution < 1.29 is 9.59 Å². The second-order valence-corrected chi connectivity index (χ2v) is 5.10. The lowest BCUT2D eigenvalue weighted by Gasteiger charge is -2.22. The molecule has 4 nitrogen and oxygen atoms in total. The first-order valence-corrected chi connectivity index (χ1v) is 6.77. The highest BCUT2D eigenvalue weighted by Crippen LogP contribution is 2.16. The monoisotopic (exact) mass is 260 g/mol. The number of amides is 1. The summed E-state index contributed by atoms with van der Waals surface area (Å²) in [7, 11) is 0. The Bertz CT molecular complexity index is 448. The number of hydrogen-bond acceptors (Lipinski definition) is 3. The first-order valence-electron chi connectivity index (χ1n) is 6.77. The number of Topliss-reactive ketones (excluding diaryl/α,β-unsaturated/α-hetero) is 1. The molecule has 1 fully saturated rings. The van der Waals surface area contributed by atoms with Gasteiger partial charge in [-0.1, -0.05) is 0 Å². The van der Waals surface area contributed by atoms with Crippen molar-refractivity contribution in [2.75, 3.05) is 18.4 Å². The van der Waals surface area contributed by atoms with Crippen molar-refractivity contribution in [2.24, 2.45) is 5.92 Å². The third-order valence-electron chi connectivity index (χ3n) is 3.45. The van der Waals surface area contributed by atoms with Crippen LogP contribution in [0.5, 0.6) is 0 Å². The van der Waals surface area contributed by atoms with Gasteiger partial charge in [0.15, 0.2) is 5.78 Å². The molecule has 0 radical (unpaired) electrons. The van der Waals surface area contributed by atoms with Crippen molar-refractivity contribution in [3.8, 4) is 0 Å². The van der Waals surface area contributed by atoms with Crippen molar-refractivity contribution in [1.82, 2.24) is 5.32 Å². The van der Waals surface area contributed by atoms with Crippen molar-refractivity contribution in [2.45, 2.75) is 26.2 Å². The van der Waals surface area contributed by atoms with Gasteiger partial charge in [0.05, 0.1) is 0 Å². The molecule has 1 heterocycles. The number of benzene rings is 1. The zero-order chi connectivity index (χ0) is 13.7. The van der Waals surface area contributed by atoms with Crippen LogP contribution < -0.4 is 10.6 Å². The van der Waals surface area contributed by atoms with E-state index in [1.807, 2.05) is 0 Å². The highest BCUT2D eigenvalue weighted by Gasteiger charge is 2.16. The van der Waals surface area contributed by atoms with Gasteiger partial charge < -0.3 is 10.6 Å².